The molecule has 0 radical (unpaired) electrons. The average molecular weight is 197 g/mol. The van der Waals surface area contributed by atoms with Crippen molar-refractivity contribution in [2.75, 3.05) is 16.2 Å². The molecule has 0 amide bonds. The number of thiol groups is 1. The molecule has 0 N–H and O–H groups in total. The predicted molar refractivity (Wildman–Crippen MR) is 46.4 cm³/mol. The van der Waals surface area contributed by atoms with Gasteiger partial charge in [-0.2, -0.15) is 0 Å². The minimum atomic E-state index is 0.447. The Kier molecular flexibility index (Phi) is 3.28. The molecule has 1 saturated heterocycles. The first kappa shape index (κ1) is 6.94. The Morgan fingerprint density at radius 2 is 1.75 bits per heavy atom. The number of halogens is 1. The van der Waals surface area contributed by atoms with Gasteiger partial charge in [0.15, 0.2) is 0 Å². The molecule has 50 valence electrons. The van der Waals surface area contributed by atoms with Crippen LogP contribution in [0.15, 0.2) is 0 Å². The quantitative estimate of drug-likeness (QED) is 0.484. The maximum Gasteiger partial charge on any atom is 0.0310 e. The van der Waals surface area contributed by atoms with E-state index in [1.54, 1.807) is 0 Å². The van der Waals surface area contributed by atoms with E-state index in [1.807, 2.05) is 0 Å². The van der Waals surface area contributed by atoms with E-state index < -0.39 is 0 Å². The summed E-state index contributed by atoms with van der Waals surface area (Å²) in [5.41, 5.74) is 0. The smallest absolute Gasteiger partial charge is 0.0310 e. The minimum absolute atomic E-state index is 0.447. The van der Waals surface area contributed by atoms with Crippen LogP contribution in [0.2, 0.25) is 0 Å². The summed E-state index contributed by atoms with van der Waals surface area (Å²) < 4.78 is 1.29. The Bertz CT molecular complexity index is 59.5. The number of alkyl halides is 1. The van der Waals surface area contributed by atoms with Crippen molar-refractivity contribution >= 4 is 26.8 Å². The second kappa shape index (κ2) is 3.78. The molecular formula is C6H13BrS. The summed E-state index contributed by atoms with van der Waals surface area (Å²) in [7, 11) is 0.447. The third kappa shape index (κ3) is 1.98. The zero-order valence-corrected chi connectivity index (χ0v) is 7.55. The fourth-order valence-corrected chi connectivity index (χ4v) is 4.39. The molecule has 0 nitrogen and oxygen atoms in total. The monoisotopic (exact) mass is 196 g/mol. The van der Waals surface area contributed by atoms with Crippen LogP contribution in [0.4, 0.5) is 0 Å². The number of hydrogen-bond donors (Lipinski definition) is 1. The van der Waals surface area contributed by atoms with Gasteiger partial charge in [-0.05, 0) is 24.3 Å². The zero-order chi connectivity index (χ0) is 5.82. The predicted octanol–water partition coefficient (Wildman–Crippen LogP) is 2.52. The molecule has 1 aliphatic heterocycles. The second-order valence-electron chi connectivity index (χ2n) is 2.30. The molecular weight excluding hydrogens is 184 g/mol. The Hall–Kier alpha value is 0.830. The second-order valence-corrected chi connectivity index (χ2v) is 6.28. The summed E-state index contributed by atoms with van der Waals surface area (Å²) >= 11 is 3.54. The standard InChI is InChI=1S/C6H13BrS/c7-6-8-4-2-1-3-5-8/h8H,1-6H2. The van der Waals surface area contributed by atoms with Gasteiger partial charge in [-0.3, -0.25) is 0 Å². The van der Waals surface area contributed by atoms with Gasteiger partial charge in [-0.15, -0.1) is 0 Å². The fourth-order valence-electron chi connectivity index (χ4n) is 1.08. The van der Waals surface area contributed by atoms with Crippen LogP contribution >= 0.6 is 26.8 Å². The molecule has 0 spiro atoms. The summed E-state index contributed by atoms with van der Waals surface area (Å²) in [4.78, 5) is 0. The van der Waals surface area contributed by atoms with Gasteiger partial charge in [-0.25, -0.2) is 10.9 Å². The van der Waals surface area contributed by atoms with E-state index in [2.05, 4.69) is 15.9 Å². The minimum Gasteiger partial charge on any atom is -0.244 e. The van der Waals surface area contributed by atoms with Crippen molar-refractivity contribution in [3.8, 4) is 0 Å². The summed E-state index contributed by atoms with van der Waals surface area (Å²) in [6.45, 7) is 0. The zero-order valence-electron chi connectivity index (χ0n) is 5.07. The van der Waals surface area contributed by atoms with E-state index in [0.29, 0.717) is 10.9 Å². The lowest BCUT2D eigenvalue weighted by atomic mass is 10.3. The van der Waals surface area contributed by atoms with Gasteiger partial charge < -0.3 is 0 Å². The molecule has 0 unspecified atom stereocenters. The van der Waals surface area contributed by atoms with Gasteiger partial charge in [0.05, 0.1) is 0 Å². The van der Waals surface area contributed by atoms with E-state index >= 15 is 0 Å². The molecule has 1 heterocycles. The van der Waals surface area contributed by atoms with Crippen LogP contribution in [0.3, 0.4) is 0 Å². The molecule has 8 heavy (non-hydrogen) atoms. The molecule has 2 heteroatoms. The van der Waals surface area contributed by atoms with Crippen molar-refractivity contribution in [2.24, 2.45) is 0 Å². The molecule has 0 atom stereocenters. The largest absolute Gasteiger partial charge is 0.244 e. The Morgan fingerprint density at radius 3 is 2.12 bits per heavy atom. The molecule has 0 bridgehead atoms. The lowest BCUT2D eigenvalue weighted by Crippen LogP contribution is -2.02. The molecule has 0 saturated carbocycles. The highest BCUT2D eigenvalue weighted by Crippen LogP contribution is 2.33. The molecule has 1 aliphatic rings. The van der Waals surface area contributed by atoms with Crippen molar-refractivity contribution in [1.82, 2.24) is 0 Å². The topological polar surface area (TPSA) is 0 Å². The van der Waals surface area contributed by atoms with Crippen LogP contribution < -0.4 is 0 Å². The maximum absolute atomic E-state index is 3.54. The van der Waals surface area contributed by atoms with E-state index in [4.69, 9.17) is 0 Å². The van der Waals surface area contributed by atoms with Crippen molar-refractivity contribution in [3.63, 3.8) is 0 Å². The SMILES string of the molecule is BrC[SH]1CCCCC1. The van der Waals surface area contributed by atoms with Crippen LogP contribution in [0.5, 0.6) is 0 Å². The van der Waals surface area contributed by atoms with Crippen LogP contribution in [-0.2, 0) is 0 Å². The molecule has 1 fully saturated rings. The Labute approximate surface area is 62.5 Å². The lowest BCUT2D eigenvalue weighted by molar-refractivity contribution is 0.760. The summed E-state index contributed by atoms with van der Waals surface area (Å²) in [6.07, 6.45) is 4.49. The number of rotatable bonds is 1. The molecule has 0 aromatic carbocycles. The first-order chi connectivity index (χ1) is 3.93. The normalized spacial score (nSPS) is 25.9. The Balaban J connectivity index is 2.13. The fraction of sp³-hybridized carbons (Fsp3) is 1.00. The highest BCUT2D eigenvalue weighted by molar-refractivity contribution is 9.11. The van der Waals surface area contributed by atoms with Gasteiger partial charge in [0.25, 0.3) is 0 Å². The van der Waals surface area contributed by atoms with Gasteiger partial charge in [0.1, 0.15) is 0 Å². The van der Waals surface area contributed by atoms with Gasteiger partial charge in [0, 0.05) is 4.66 Å². The van der Waals surface area contributed by atoms with E-state index in [0.717, 1.165) is 0 Å². The molecule has 1 rings (SSSR count). The van der Waals surface area contributed by atoms with Crippen molar-refractivity contribution in [3.05, 3.63) is 0 Å². The Morgan fingerprint density at radius 1 is 1.12 bits per heavy atom. The van der Waals surface area contributed by atoms with Crippen LogP contribution in [-0.4, -0.2) is 16.2 Å². The summed E-state index contributed by atoms with van der Waals surface area (Å²) in [5, 5.41) is 0. The number of hydrogen-bond acceptors (Lipinski definition) is 0. The maximum atomic E-state index is 3.54. The first-order valence-electron chi connectivity index (χ1n) is 3.22. The van der Waals surface area contributed by atoms with E-state index in [-0.39, 0.29) is 0 Å². The van der Waals surface area contributed by atoms with Gasteiger partial charge >= 0.3 is 0 Å². The molecule has 0 aliphatic carbocycles. The van der Waals surface area contributed by atoms with E-state index in [9.17, 15) is 0 Å². The lowest BCUT2D eigenvalue weighted by Gasteiger charge is -2.22. The molecule has 0 aromatic heterocycles. The van der Waals surface area contributed by atoms with Crippen LogP contribution in [0, 0.1) is 0 Å². The summed E-state index contributed by atoms with van der Waals surface area (Å²) in [6, 6.07) is 0. The first-order valence-corrected chi connectivity index (χ1v) is 6.23. The summed E-state index contributed by atoms with van der Waals surface area (Å²) in [5.74, 6) is 3.06. The average Bonchev–Trinajstić information content (AvgIpc) is 1.90. The van der Waals surface area contributed by atoms with Gasteiger partial charge in [0.2, 0.25) is 0 Å². The van der Waals surface area contributed by atoms with Crippen molar-refractivity contribution < 1.29 is 0 Å². The van der Waals surface area contributed by atoms with Crippen LogP contribution in [0.25, 0.3) is 0 Å². The van der Waals surface area contributed by atoms with Crippen molar-refractivity contribution in [1.29, 1.82) is 0 Å². The van der Waals surface area contributed by atoms with Gasteiger partial charge in [-0.1, -0.05) is 22.4 Å². The van der Waals surface area contributed by atoms with E-state index in [1.165, 1.54) is 35.4 Å². The molecule has 0 aromatic rings. The highest BCUT2D eigenvalue weighted by atomic mass is 79.9. The highest BCUT2D eigenvalue weighted by Gasteiger charge is 2.06. The third-order valence-corrected chi connectivity index (χ3v) is 5.98. The third-order valence-electron chi connectivity index (χ3n) is 1.62. The van der Waals surface area contributed by atoms with Crippen molar-refractivity contribution in [2.45, 2.75) is 19.3 Å². The van der Waals surface area contributed by atoms with Crippen LogP contribution in [0.1, 0.15) is 19.3 Å².